The quantitative estimate of drug-likeness (QED) is 0.679. The van der Waals surface area contributed by atoms with Crippen LogP contribution in [0.25, 0.3) is 0 Å². The highest BCUT2D eigenvalue weighted by atomic mass is 35.5. The summed E-state index contributed by atoms with van der Waals surface area (Å²) in [7, 11) is 0. The molecule has 1 aromatic rings. The van der Waals surface area contributed by atoms with Gasteiger partial charge in [0.15, 0.2) is 0 Å². The molecular weight excluding hydrogens is 206 g/mol. The van der Waals surface area contributed by atoms with E-state index in [1.165, 1.54) is 11.1 Å². The van der Waals surface area contributed by atoms with Crippen LogP contribution in [-0.2, 0) is 6.42 Å². The van der Waals surface area contributed by atoms with Crippen LogP contribution >= 0.6 is 11.6 Å². The molecule has 15 heavy (non-hydrogen) atoms. The van der Waals surface area contributed by atoms with E-state index in [0.717, 1.165) is 18.6 Å². The average Bonchev–Trinajstić information content (AvgIpc) is 2.28. The number of alkyl halides is 1. The van der Waals surface area contributed by atoms with Gasteiger partial charge in [-0.3, -0.25) is 4.99 Å². The molecule has 0 aromatic heterocycles. The fourth-order valence-corrected chi connectivity index (χ4v) is 2.30. The lowest BCUT2D eigenvalue weighted by Crippen LogP contribution is -2.32. The third-order valence-electron chi connectivity index (χ3n) is 3.19. The van der Waals surface area contributed by atoms with Crippen LogP contribution in [0.15, 0.2) is 29.3 Å². The molecule has 0 saturated carbocycles. The molecule has 1 heterocycles. The second-order valence-electron chi connectivity index (χ2n) is 4.38. The minimum Gasteiger partial charge on any atom is -0.281 e. The molecule has 0 aliphatic carbocycles. The number of rotatable bonds is 2. The van der Waals surface area contributed by atoms with Gasteiger partial charge in [0.05, 0.1) is 17.1 Å². The Morgan fingerprint density at radius 2 is 2.13 bits per heavy atom. The van der Waals surface area contributed by atoms with Crippen molar-refractivity contribution in [3.8, 4) is 0 Å². The lowest BCUT2D eigenvalue weighted by Gasteiger charge is -2.31. The van der Waals surface area contributed by atoms with Gasteiger partial charge in [0.25, 0.3) is 0 Å². The predicted octanol–water partition coefficient (Wildman–Crippen LogP) is 3.44. The SMILES string of the molecule is CC[C@@]1(C)Cc2ccccc2C(CCl)=N1. The molecule has 2 heteroatoms. The van der Waals surface area contributed by atoms with Crippen LogP contribution in [0.1, 0.15) is 31.4 Å². The first-order valence-corrected chi connectivity index (χ1v) is 5.95. The third kappa shape index (κ3) is 1.93. The summed E-state index contributed by atoms with van der Waals surface area (Å²) in [4.78, 5) is 4.78. The first-order chi connectivity index (χ1) is 7.18. The molecule has 2 rings (SSSR count). The summed E-state index contributed by atoms with van der Waals surface area (Å²) < 4.78 is 0. The van der Waals surface area contributed by atoms with Crippen molar-refractivity contribution in [3.63, 3.8) is 0 Å². The summed E-state index contributed by atoms with van der Waals surface area (Å²) in [6.45, 7) is 4.39. The van der Waals surface area contributed by atoms with Crippen molar-refractivity contribution in [2.45, 2.75) is 32.2 Å². The number of benzene rings is 1. The molecule has 1 aliphatic rings. The van der Waals surface area contributed by atoms with Crippen molar-refractivity contribution in [2.75, 3.05) is 5.88 Å². The van der Waals surface area contributed by atoms with Crippen molar-refractivity contribution in [1.82, 2.24) is 0 Å². The maximum Gasteiger partial charge on any atom is 0.0649 e. The molecule has 1 nitrogen and oxygen atoms in total. The summed E-state index contributed by atoms with van der Waals surface area (Å²) >= 11 is 5.96. The lowest BCUT2D eigenvalue weighted by molar-refractivity contribution is 0.448. The highest BCUT2D eigenvalue weighted by Crippen LogP contribution is 2.29. The molecule has 0 saturated heterocycles. The monoisotopic (exact) mass is 221 g/mol. The van der Waals surface area contributed by atoms with Crippen molar-refractivity contribution >= 4 is 17.3 Å². The van der Waals surface area contributed by atoms with Gasteiger partial charge < -0.3 is 0 Å². The van der Waals surface area contributed by atoms with Gasteiger partial charge in [0.2, 0.25) is 0 Å². The Bertz CT molecular complexity index is 397. The van der Waals surface area contributed by atoms with E-state index in [1.54, 1.807) is 0 Å². The number of hydrogen-bond donors (Lipinski definition) is 0. The van der Waals surface area contributed by atoms with Crippen molar-refractivity contribution in [2.24, 2.45) is 4.99 Å². The summed E-state index contributed by atoms with van der Waals surface area (Å²) in [5.41, 5.74) is 3.70. The zero-order chi connectivity index (χ0) is 10.9. The number of fused-ring (bicyclic) bond motifs is 1. The zero-order valence-corrected chi connectivity index (χ0v) is 10.0. The van der Waals surface area contributed by atoms with Crippen molar-refractivity contribution < 1.29 is 0 Å². The summed E-state index contributed by atoms with van der Waals surface area (Å²) in [5, 5.41) is 0. The van der Waals surface area contributed by atoms with Gasteiger partial charge in [0, 0.05) is 5.56 Å². The molecule has 0 radical (unpaired) electrons. The van der Waals surface area contributed by atoms with Crippen LogP contribution in [0.5, 0.6) is 0 Å². The van der Waals surface area contributed by atoms with Gasteiger partial charge >= 0.3 is 0 Å². The first-order valence-electron chi connectivity index (χ1n) is 5.41. The van der Waals surface area contributed by atoms with Crippen LogP contribution < -0.4 is 0 Å². The first kappa shape index (κ1) is 10.7. The molecule has 1 aromatic carbocycles. The maximum atomic E-state index is 5.96. The molecule has 0 bridgehead atoms. The van der Waals surface area contributed by atoms with E-state index >= 15 is 0 Å². The van der Waals surface area contributed by atoms with Crippen LogP contribution in [0.3, 0.4) is 0 Å². The molecular formula is C13H16ClN. The van der Waals surface area contributed by atoms with E-state index in [2.05, 4.69) is 38.1 Å². The molecule has 0 fully saturated rings. The van der Waals surface area contributed by atoms with Crippen LogP contribution in [0.2, 0.25) is 0 Å². The normalized spacial score (nSPS) is 24.6. The van der Waals surface area contributed by atoms with E-state index in [-0.39, 0.29) is 5.54 Å². The lowest BCUT2D eigenvalue weighted by atomic mass is 9.84. The number of aliphatic imine (C=N–C) groups is 1. The smallest absolute Gasteiger partial charge is 0.0649 e. The topological polar surface area (TPSA) is 12.4 Å². The second-order valence-corrected chi connectivity index (χ2v) is 4.64. The van der Waals surface area contributed by atoms with Crippen molar-refractivity contribution in [1.29, 1.82) is 0 Å². The fourth-order valence-electron chi connectivity index (χ4n) is 2.10. The minimum atomic E-state index is 0.0403. The second kappa shape index (κ2) is 3.97. The molecule has 0 spiro atoms. The van der Waals surface area contributed by atoms with E-state index in [4.69, 9.17) is 16.6 Å². The van der Waals surface area contributed by atoms with Crippen LogP contribution in [-0.4, -0.2) is 17.1 Å². The number of halogens is 1. The van der Waals surface area contributed by atoms with Crippen LogP contribution in [0.4, 0.5) is 0 Å². The summed E-state index contributed by atoms with van der Waals surface area (Å²) in [6, 6.07) is 8.44. The van der Waals surface area contributed by atoms with E-state index in [9.17, 15) is 0 Å². The van der Waals surface area contributed by atoms with Gasteiger partial charge in [-0.05, 0) is 25.3 Å². The fraction of sp³-hybridized carbons (Fsp3) is 0.462. The Morgan fingerprint density at radius 1 is 1.40 bits per heavy atom. The number of hydrogen-bond acceptors (Lipinski definition) is 1. The molecule has 80 valence electrons. The molecule has 0 N–H and O–H groups in total. The summed E-state index contributed by atoms with van der Waals surface area (Å²) in [5.74, 6) is 0.507. The van der Waals surface area contributed by atoms with E-state index in [0.29, 0.717) is 5.88 Å². The van der Waals surface area contributed by atoms with Gasteiger partial charge in [0.1, 0.15) is 0 Å². The van der Waals surface area contributed by atoms with Gasteiger partial charge in [-0.2, -0.15) is 0 Å². The minimum absolute atomic E-state index is 0.0403. The molecule has 1 atom stereocenters. The number of nitrogens with zero attached hydrogens (tertiary/aromatic N) is 1. The average molecular weight is 222 g/mol. The van der Waals surface area contributed by atoms with Gasteiger partial charge in [-0.1, -0.05) is 31.2 Å². The summed E-state index contributed by atoms with van der Waals surface area (Å²) in [6.07, 6.45) is 2.09. The third-order valence-corrected chi connectivity index (χ3v) is 3.45. The van der Waals surface area contributed by atoms with E-state index < -0.39 is 0 Å². The zero-order valence-electron chi connectivity index (χ0n) is 9.26. The van der Waals surface area contributed by atoms with E-state index in [1.807, 2.05) is 0 Å². The Balaban J connectivity index is 2.50. The predicted molar refractivity (Wildman–Crippen MR) is 66.1 cm³/mol. The Kier molecular flexibility index (Phi) is 2.83. The maximum absolute atomic E-state index is 5.96. The largest absolute Gasteiger partial charge is 0.281 e. The molecule has 0 amide bonds. The van der Waals surface area contributed by atoms with Crippen LogP contribution in [0, 0.1) is 0 Å². The van der Waals surface area contributed by atoms with Gasteiger partial charge in [-0.15, -0.1) is 11.6 Å². The highest BCUT2D eigenvalue weighted by molar-refractivity contribution is 6.32. The van der Waals surface area contributed by atoms with Crippen molar-refractivity contribution in [3.05, 3.63) is 35.4 Å². The highest BCUT2D eigenvalue weighted by Gasteiger charge is 2.28. The molecule has 1 aliphatic heterocycles. The van der Waals surface area contributed by atoms with Gasteiger partial charge in [-0.25, -0.2) is 0 Å². The Morgan fingerprint density at radius 3 is 2.80 bits per heavy atom. The Hall–Kier alpha value is -0.820. The Labute approximate surface area is 96.2 Å². The molecule has 0 unspecified atom stereocenters. The standard InChI is InChI=1S/C13H16ClN/c1-3-13(2)8-10-6-4-5-7-11(10)12(9-14)15-13/h4-7H,3,8-9H2,1-2H3/t13-/m0/s1.